The Morgan fingerprint density at radius 2 is 2.19 bits per heavy atom. The number of nitrogens with zero attached hydrogens (tertiary/aromatic N) is 3. The molecule has 0 aliphatic carbocycles. The number of hydrogen-bond acceptors (Lipinski definition) is 4. The Morgan fingerprint density at radius 1 is 1.41 bits per heavy atom. The van der Waals surface area contributed by atoms with Gasteiger partial charge in [0.25, 0.3) is 0 Å². The Balaban J connectivity index is 1.65. The fourth-order valence-corrected chi connectivity index (χ4v) is 3.47. The number of H-pyrrole nitrogens is 1. The molecule has 3 rings (SSSR count). The summed E-state index contributed by atoms with van der Waals surface area (Å²) in [5.74, 6) is 1.44. The summed E-state index contributed by atoms with van der Waals surface area (Å²) in [6.45, 7) is 3.25. The van der Waals surface area contributed by atoms with E-state index in [4.69, 9.17) is 4.74 Å². The van der Waals surface area contributed by atoms with E-state index in [1.807, 2.05) is 31.2 Å². The molecular weight excluding hydrogens is 344 g/mol. The van der Waals surface area contributed by atoms with E-state index in [9.17, 15) is 9.59 Å². The van der Waals surface area contributed by atoms with E-state index in [1.54, 1.807) is 30.2 Å². The summed E-state index contributed by atoms with van der Waals surface area (Å²) in [6.07, 6.45) is 2.72. The molecule has 2 aromatic rings. The zero-order valence-electron chi connectivity index (χ0n) is 16.1. The fourth-order valence-electron chi connectivity index (χ4n) is 3.47. The third-order valence-electron chi connectivity index (χ3n) is 4.92. The Labute approximate surface area is 159 Å². The molecular formula is C20H26N4O3. The van der Waals surface area contributed by atoms with Crippen molar-refractivity contribution in [1.82, 2.24) is 19.8 Å². The summed E-state index contributed by atoms with van der Waals surface area (Å²) in [4.78, 5) is 36.1. The normalized spacial score (nSPS) is 17.1. The van der Waals surface area contributed by atoms with Gasteiger partial charge in [-0.2, -0.15) is 0 Å². The van der Waals surface area contributed by atoms with Crippen molar-refractivity contribution in [2.75, 3.05) is 20.7 Å². The van der Waals surface area contributed by atoms with Gasteiger partial charge in [0.1, 0.15) is 11.6 Å². The molecule has 0 spiro atoms. The van der Waals surface area contributed by atoms with Crippen LogP contribution in [0.4, 0.5) is 0 Å². The van der Waals surface area contributed by atoms with Crippen molar-refractivity contribution in [3.63, 3.8) is 0 Å². The lowest BCUT2D eigenvalue weighted by molar-refractivity contribution is -0.143. The van der Waals surface area contributed by atoms with Crippen LogP contribution in [-0.4, -0.2) is 52.3 Å². The van der Waals surface area contributed by atoms with Crippen LogP contribution >= 0.6 is 0 Å². The molecule has 7 heteroatoms. The van der Waals surface area contributed by atoms with E-state index in [1.165, 1.54) is 0 Å². The first kappa shape index (κ1) is 18.9. The molecule has 1 aromatic carbocycles. The van der Waals surface area contributed by atoms with Gasteiger partial charge in [0, 0.05) is 44.0 Å². The van der Waals surface area contributed by atoms with E-state index in [0.29, 0.717) is 32.5 Å². The van der Waals surface area contributed by atoms with Gasteiger partial charge in [0.05, 0.1) is 19.6 Å². The zero-order valence-corrected chi connectivity index (χ0v) is 16.1. The second-order valence-electron chi connectivity index (χ2n) is 7.03. The second kappa shape index (κ2) is 8.24. The van der Waals surface area contributed by atoms with Crippen LogP contribution in [0.5, 0.6) is 5.75 Å². The van der Waals surface area contributed by atoms with Gasteiger partial charge in [0.2, 0.25) is 11.8 Å². The number of aromatic amines is 1. The third kappa shape index (κ3) is 4.48. The number of nitrogens with one attached hydrogen (secondary N) is 1. The molecule has 0 bridgehead atoms. The number of aryl methyl sites for hydroxylation is 1. The van der Waals surface area contributed by atoms with Gasteiger partial charge < -0.3 is 19.5 Å². The van der Waals surface area contributed by atoms with Gasteiger partial charge in [0.15, 0.2) is 0 Å². The maximum Gasteiger partial charge on any atom is 0.227 e. The molecule has 2 heterocycles. The standard InChI is InChI=1S/C20H26N4O3/c1-14-10-21-18(22-14)13-23(2)20(26)16-8-9-19(25)24(12-16)11-15-6-4-5-7-17(15)27-3/h4-7,10,16H,8-9,11-13H2,1-3H3,(H,21,22)/t16-/m0/s1. The van der Waals surface area contributed by atoms with Crippen LogP contribution in [0.1, 0.15) is 29.9 Å². The van der Waals surface area contributed by atoms with Crippen molar-refractivity contribution in [2.24, 2.45) is 5.92 Å². The number of ether oxygens (including phenoxy) is 1. The summed E-state index contributed by atoms with van der Waals surface area (Å²) in [5.41, 5.74) is 1.91. The lowest BCUT2D eigenvalue weighted by Crippen LogP contribution is -2.45. The number of methoxy groups -OCH3 is 1. The molecule has 1 N–H and O–H groups in total. The number of amides is 2. The molecule has 27 heavy (non-hydrogen) atoms. The van der Waals surface area contributed by atoms with Crippen LogP contribution in [0.25, 0.3) is 0 Å². The first-order chi connectivity index (χ1) is 13.0. The highest BCUT2D eigenvalue weighted by atomic mass is 16.5. The third-order valence-corrected chi connectivity index (χ3v) is 4.92. The van der Waals surface area contributed by atoms with Gasteiger partial charge in [-0.3, -0.25) is 9.59 Å². The predicted octanol–water partition coefficient (Wildman–Crippen LogP) is 2.12. The molecule has 1 aliphatic heterocycles. The van der Waals surface area contributed by atoms with Crippen LogP contribution < -0.4 is 4.74 Å². The first-order valence-corrected chi connectivity index (χ1v) is 9.13. The number of hydrogen-bond donors (Lipinski definition) is 1. The fraction of sp³-hybridized carbons (Fsp3) is 0.450. The topological polar surface area (TPSA) is 78.5 Å². The minimum absolute atomic E-state index is 0.0431. The monoisotopic (exact) mass is 370 g/mol. The Bertz CT molecular complexity index is 817. The molecule has 0 unspecified atom stereocenters. The minimum atomic E-state index is -0.196. The van der Waals surface area contributed by atoms with Gasteiger partial charge in [-0.05, 0) is 19.4 Å². The maximum absolute atomic E-state index is 12.9. The summed E-state index contributed by atoms with van der Waals surface area (Å²) in [7, 11) is 3.40. The van der Waals surface area contributed by atoms with Crippen molar-refractivity contribution in [2.45, 2.75) is 32.9 Å². The van der Waals surface area contributed by atoms with Crippen LogP contribution in [-0.2, 0) is 22.7 Å². The van der Waals surface area contributed by atoms with Crippen molar-refractivity contribution < 1.29 is 14.3 Å². The molecule has 1 aliphatic rings. The van der Waals surface area contributed by atoms with Gasteiger partial charge in [-0.25, -0.2) is 4.98 Å². The van der Waals surface area contributed by atoms with E-state index in [-0.39, 0.29) is 17.7 Å². The van der Waals surface area contributed by atoms with E-state index in [0.717, 1.165) is 22.8 Å². The van der Waals surface area contributed by atoms with Crippen molar-refractivity contribution in [3.05, 3.63) is 47.5 Å². The highest BCUT2D eigenvalue weighted by Gasteiger charge is 2.32. The van der Waals surface area contributed by atoms with E-state index < -0.39 is 0 Å². The summed E-state index contributed by atoms with van der Waals surface area (Å²) >= 11 is 0. The van der Waals surface area contributed by atoms with E-state index >= 15 is 0 Å². The molecule has 1 fully saturated rings. The lowest BCUT2D eigenvalue weighted by atomic mass is 9.95. The van der Waals surface area contributed by atoms with Crippen LogP contribution in [0.2, 0.25) is 0 Å². The Morgan fingerprint density at radius 3 is 2.89 bits per heavy atom. The minimum Gasteiger partial charge on any atom is -0.496 e. The van der Waals surface area contributed by atoms with Crippen LogP contribution in [0.15, 0.2) is 30.5 Å². The van der Waals surface area contributed by atoms with Crippen LogP contribution in [0.3, 0.4) is 0 Å². The number of para-hydroxylation sites is 1. The van der Waals surface area contributed by atoms with Gasteiger partial charge in [-0.1, -0.05) is 18.2 Å². The SMILES string of the molecule is COc1ccccc1CN1C[C@@H](C(=O)N(C)Cc2ncc(C)[nH]2)CCC1=O. The molecule has 7 nitrogen and oxygen atoms in total. The van der Waals surface area contributed by atoms with Gasteiger partial charge >= 0.3 is 0 Å². The zero-order chi connectivity index (χ0) is 19.4. The number of carbonyl (C=O) groups is 2. The molecule has 0 radical (unpaired) electrons. The molecule has 144 valence electrons. The number of rotatable bonds is 6. The average molecular weight is 370 g/mol. The quantitative estimate of drug-likeness (QED) is 0.845. The highest BCUT2D eigenvalue weighted by molar-refractivity contribution is 5.83. The maximum atomic E-state index is 12.9. The molecule has 2 amide bonds. The van der Waals surface area contributed by atoms with Gasteiger partial charge in [-0.15, -0.1) is 0 Å². The highest BCUT2D eigenvalue weighted by Crippen LogP contribution is 2.25. The Hall–Kier alpha value is -2.83. The molecule has 1 saturated heterocycles. The second-order valence-corrected chi connectivity index (χ2v) is 7.03. The largest absolute Gasteiger partial charge is 0.496 e. The van der Waals surface area contributed by atoms with E-state index in [2.05, 4.69) is 9.97 Å². The summed E-state index contributed by atoms with van der Waals surface area (Å²) in [6, 6.07) is 7.65. The first-order valence-electron chi connectivity index (χ1n) is 9.13. The van der Waals surface area contributed by atoms with Crippen LogP contribution in [0, 0.1) is 12.8 Å². The predicted molar refractivity (Wildman–Crippen MR) is 101 cm³/mol. The summed E-state index contributed by atoms with van der Waals surface area (Å²) < 4.78 is 5.38. The number of carbonyl (C=O) groups excluding carboxylic acids is 2. The number of imidazole rings is 1. The Kier molecular flexibility index (Phi) is 5.78. The van der Waals surface area contributed by atoms with Crippen molar-refractivity contribution in [3.8, 4) is 5.75 Å². The number of aromatic nitrogens is 2. The molecule has 1 atom stereocenters. The van der Waals surface area contributed by atoms with Crippen molar-refractivity contribution >= 4 is 11.8 Å². The molecule has 0 saturated carbocycles. The smallest absolute Gasteiger partial charge is 0.227 e. The number of benzene rings is 1. The lowest BCUT2D eigenvalue weighted by Gasteiger charge is -2.34. The average Bonchev–Trinajstić information content (AvgIpc) is 3.08. The molecule has 1 aromatic heterocycles. The number of piperidine rings is 1. The summed E-state index contributed by atoms with van der Waals surface area (Å²) in [5, 5.41) is 0. The number of likely N-dealkylation sites (tertiary alicyclic amines) is 1. The van der Waals surface area contributed by atoms with Crippen molar-refractivity contribution in [1.29, 1.82) is 0 Å².